The summed E-state index contributed by atoms with van der Waals surface area (Å²) in [7, 11) is 0. The van der Waals surface area contributed by atoms with Gasteiger partial charge in [-0.15, -0.1) is 0 Å². The minimum Gasteiger partial charge on any atom is -0.260 e. The highest BCUT2D eigenvalue weighted by atomic mass is 35.5. The third-order valence-corrected chi connectivity index (χ3v) is 5.23. The Balaban J connectivity index is 1.67. The molecule has 0 saturated heterocycles. The van der Waals surface area contributed by atoms with Crippen molar-refractivity contribution in [3.05, 3.63) is 86.7 Å². The molecule has 0 atom stereocenters. The first-order valence-electron chi connectivity index (χ1n) is 10.2. The van der Waals surface area contributed by atoms with E-state index in [1.165, 1.54) is 16.7 Å². The zero-order valence-corrected chi connectivity index (χ0v) is 19.1. The van der Waals surface area contributed by atoms with Gasteiger partial charge in [0.2, 0.25) is 0 Å². The lowest BCUT2D eigenvalue weighted by Crippen LogP contribution is -1.97. The van der Waals surface area contributed by atoms with Crippen LogP contribution in [0.3, 0.4) is 0 Å². The summed E-state index contributed by atoms with van der Waals surface area (Å²) in [6.07, 6.45) is 5.18. The monoisotopic (exact) mass is 417 g/mol. The van der Waals surface area contributed by atoms with Gasteiger partial charge in [0.1, 0.15) is 0 Å². The summed E-state index contributed by atoms with van der Waals surface area (Å²) in [6.45, 7) is 10.4. The van der Waals surface area contributed by atoms with Gasteiger partial charge in [0.05, 0.1) is 16.4 Å². The Labute approximate surface area is 184 Å². The van der Waals surface area contributed by atoms with E-state index in [1.807, 2.05) is 50.5 Å². The highest BCUT2D eigenvalue weighted by Crippen LogP contribution is 2.29. The second-order valence-corrected chi connectivity index (χ2v) is 8.22. The Morgan fingerprint density at radius 3 is 1.73 bits per heavy atom. The minimum absolute atomic E-state index is 0.658. The molecule has 0 aliphatic carbocycles. The lowest BCUT2D eigenvalue weighted by molar-refractivity contribution is 1.06. The molecule has 0 aliphatic rings. The molecular formula is C26H28ClN3. The highest BCUT2D eigenvalue weighted by molar-refractivity contribution is 6.33. The van der Waals surface area contributed by atoms with Gasteiger partial charge in [0.15, 0.2) is 0 Å². The lowest BCUT2D eigenvalue weighted by atomic mass is 10.1. The fraction of sp³-hybridized carbons (Fsp3) is 0.269. The number of rotatable bonds is 6. The number of aromatic nitrogens is 1. The fourth-order valence-electron chi connectivity index (χ4n) is 3.67. The van der Waals surface area contributed by atoms with E-state index in [4.69, 9.17) is 21.6 Å². The van der Waals surface area contributed by atoms with Gasteiger partial charge in [-0.2, -0.15) is 0 Å². The Morgan fingerprint density at radius 2 is 1.20 bits per heavy atom. The number of aliphatic imine (C=N–C) groups is 2. The molecular weight excluding hydrogens is 390 g/mol. The van der Waals surface area contributed by atoms with Crippen LogP contribution >= 0.6 is 11.6 Å². The molecule has 1 heterocycles. The summed E-state index contributed by atoms with van der Waals surface area (Å²) in [5.74, 6) is 0. The van der Waals surface area contributed by atoms with Crippen molar-refractivity contribution in [1.82, 2.24) is 4.98 Å². The normalized spacial score (nSPS) is 11.7. The molecule has 0 unspecified atom stereocenters. The van der Waals surface area contributed by atoms with Crippen LogP contribution in [0.5, 0.6) is 0 Å². The Bertz CT molecular complexity index is 982. The van der Waals surface area contributed by atoms with Gasteiger partial charge in [-0.1, -0.05) is 41.4 Å². The zero-order valence-electron chi connectivity index (χ0n) is 18.3. The van der Waals surface area contributed by atoms with Crippen molar-refractivity contribution < 1.29 is 0 Å². The van der Waals surface area contributed by atoms with Crippen LogP contribution in [-0.4, -0.2) is 17.4 Å². The fourth-order valence-corrected chi connectivity index (χ4v) is 4.04. The molecule has 0 radical (unpaired) electrons. The topological polar surface area (TPSA) is 37.6 Å². The lowest BCUT2D eigenvalue weighted by Gasteiger charge is -2.06. The number of hydrogen-bond acceptors (Lipinski definition) is 3. The highest BCUT2D eigenvalue weighted by Gasteiger charge is 2.04. The van der Waals surface area contributed by atoms with Crippen molar-refractivity contribution in [2.24, 2.45) is 9.98 Å². The maximum absolute atomic E-state index is 6.34. The van der Waals surface area contributed by atoms with Crippen LogP contribution < -0.4 is 0 Å². The molecule has 3 nitrogen and oxygen atoms in total. The SMILES string of the molecule is Cc1cc(C)c(/N=C/Cc2cccc(C/C=N/c3c(C)cc(C)cc3Cl)n2)c(C)c1. The molecule has 0 aliphatic heterocycles. The smallest absolute Gasteiger partial charge is 0.0841 e. The number of hydrogen-bond donors (Lipinski definition) is 0. The second-order valence-electron chi connectivity index (χ2n) is 7.81. The summed E-state index contributed by atoms with van der Waals surface area (Å²) in [5.41, 5.74) is 9.74. The van der Waals surface area contributed by atoms with E-state index in [-0.39, 0.29) is 0 Å². The minimum atomic E-state index is 0.658. The molecule has 154 valence electrons. The molecule has 0 spiro atoms. The predicted octanol–water partition coefficient (Wildman–Crippen LogP) is 7.17. The van der Waals surface area contributed by atoms with Gasteiger partial charge in [-0.25, -0.2) is 0 Å². The quantitative estimate of drug-likeness (QED) is 0.392. The first-order chi connectivity index (χ1) is 14.3. The van der Waals surface area contributed by atoms with Crippen LogP contribution in [0.15, 0.2) is 52.4 Å². The van der Waals surface area contributed by atoms with Crippen LogP contribution in [-0.2, 0) is 12.8 Å². The van der Waals surface area contributed by atoms with E-state index in [0.717, 1.165) is 33.9 Å². The van der Waals surface area contributed by atoms with Crippen molar-refractivity contribution in [2.75, 3.05) is 0 Å². The van der Waals surface area contributed by atoms with E-state index in [9.17, 15) is 0 Å². The molecule has 3 rings (SSSR count). The van der Waals surface area contributed by atoms with Crippen LogP contribution in [0.1, 0.15) is 39.2 Å². The number of benzene rings is 2. The van der Waals surface area contributed by atoms with Gasteiger partial charge >= 0.3 is 0 Å². The molecule has 0 saturated carbocycles. The van der Waals surface area contributed by atoms with Crippen molar-refractivity contribution in [1.29, 1.82) is 0 Å². The predicted molar refractivity (Wildman–Crippen MR) is 130 cm³/mol. The van der Waals surface area contributed by atoms with Crippen LogP contribution in [0, 0.1) is 34.6 Å². The number of aryl methyl sites for hydroxylation is 5. The molecule has 0 fully saturated rings. The number of pyridine rings is 1. The summed E-state index contributed by atoms with van der Waals surface area (Å²) < 4.78 is 0. The van der Waals surface area contributed by atoms with E-state index in [1.54, 1.807) is 0 Å². The number of nitrogens with zero attached hydrogens (tertiary/aromatic N) is 3. The van der Waals surface area contributed by atoms with Crippen LogP contribution in [0.4, 0.5) is 11.4 Å². The first-order valence-corrected chi connectivity index (χ1v) is 10.6. The van der Waals surface area contributed by atoms with E-state index >= 15 is 0 Å². The maximum atomic E-state index is 6.34. The first kappa shape index (κ1) is 21.9. The molecule has 0 bridgehead atoms. The van der Waals surface area contributed by atoms with E-state index in [0.29, 0.717) is 17.9 Å². The van der Waals surface area contributed by atoms with Crippen LogP contribution in [0.2, 0.25) is 5.02 Å². The largest absolute Gasteiger partial charge is 0.260 e. The molecule has 4 heteroatoms. The van der Waals surface area contributed by atoms with Crippen molar-refractivity contribution >= 4 is 35.4 Å². The number of halogens is 1. The maximum Gasteiger partial charge on any atom is 0.0841 e. The molecule has 3 aromatic rings. The van der Waals surface area contributed by atoms with Crippen molar-refractivity contribution in [3.63, 3.8) is 0 Å². The zero-order chi connectivity index (χ0) is 21.7. The van der Waals surface area contributed by atoms with Gasteiger partial charge in [-0.05, 0) is 75.1 Å². The van der Waals surface area contributed by atoms with Crippen molar-refractivity contribution in [3.8, 4) is 0 Å². The second kappa shape index (κ2) is 9.82. The molecule has 30 heavy (non-hydrogen) atoms. The average molecular weight is 418 g/mol. The van der Waals surface area contributed by atoms with Crippen molar-refractivity contribution in [2.45, 2.75) is 47.5 Å². The standard InChI is InChI=1S/C26H28ClN3/c1-17-13-19(3)25(20(4)14-17)28-11-9-22-7-6-8-23(30-22)10-12-29-26-21(5)15-18(2)16-24(26)27/h6-8,11-16H,9-10H2,1-5H3/b28-11+,29-12+. The third-order valence-electron chi connectivity index (χ3n) is 4.94. The molecule has 1 aromatic heterocycles. The molecule has 0 amide bonds. The summed E-state index contributed by atoms with van der Waals surface area (Å²) in [5, 5.41) is 0.684. The third kappa shape index (κ3) is 5.64. The van der Waals surface area contributed by atoms with Gasteiger partial charge in [-0.3, -0.25) is 15.0 Å². The van der Waals surface area contributed by atoms with Gasteiger partial charge in [0, 0.05) is 36.7 Å². The van der Waals surface area contributed by atoms with E-state index < -0.39 is 0 Å². The molecule has 0 N–H and O–H groups in total. The Hall–Kier alpha value is -2.78. The van der Waals surface area contributed by atoms with Gasteiger partial charge in [0.25, 0.3) is 0 Å². The van der Waals surface area contributed by atoms with Gasteiger partial charge < -0.3 is 0 Å². The van der Waals surface area contributed by atoms with Crippen LogP contribution in [0.25, 0.3) is 0 Å². The average Bonchev–Trinajstić information content (AvgIpc) is 2.66. The molecule has 2 aromatic carbocycles. The summed E-state index contributed by atoms with van der Waals surface area (Å²) in [4.78, 5) is 14.0. The van der Waals surface area contributed by atoms with E-state index in [2.05, 4.69) is 44.0 Å². The summed E-state index contributed by atoms with van der Waals surface area (Å²) >= 11 is 6.34. The Morgan fingerprint density at radius 1 is 0.733 bits per heavy atom. The Kier molecular flexibility index (Phi) is 7.17. The summed E-state index contributed by atoms with van der Waals surface area (Å²) in [6, 6.07) is 14.4.